The third-order valence-corrected chi connectivity index (χ3v) is 2.66. The SMILES string of the molecule is CC(=O)N(c1cc(N)ccn1)c1ccncc1C(F)(F)F. The first-order chi connectivity index (χ1) is 9.80. The highest BCUT2D eigenvalue weighted by atomic mass is 19.4. The number of nitrogen functional groups attached to an aromatic ring is 1. The largest absolute Gasteiger partial charge is 0.419 e. The minimum absolute atomic E-state index is 0.0131. The first-order valence-corrected chi connectivity index (χ1v) is 5.84. The summed E-state index contributed by atoms with van der Waals surface area (Å²) in [5.74, 6) is -0.607. The summed E-state index contributed by atoms with van der Waals surface area (Å²) in [6.07, 6.45) is -1.49. The van der Waals surface area contributed by atoms with E-state index in [4.69, 9.17) is 5.73 Å². The van der Waals surface area contributed by atoms with Crippen LogP contribution in [0.2, 0.25) is 0 Å². The van der Waals surface area contributed by atoms with Crippen molar-refractivity contribution >= 4 is 23.1 Å². The molecule has 0 saturated heterocycles. The molecule has 2 aromatic rings. The minimum Gasteiger partial charge on any atom is -0.399 e. The molecular weight excluding hydrogens is 285 g/mol. The van der Waals surface area contributed by atoms with Gasteiger partial charge in [-0.2, -0.15) is 13.2 Å². The number of hydrogen-bond donors (Lipinski definition) is 1. The molecule has 2 heterocycles. The van der Waals surface area contributed by atoms with Gasteiger partial charge in [0.2, 0.25) is 5.91 Å². The van der Waals surface area contributed by atoms with Gasteiger partial charge in [-0.15, -0.1) is 0 Å². The van der Waals surface area contributed by atoms with Crippen LogP contribution in [0.4, 0.5) is 30.4 Å². The van der Waals surface area contributed by atoms with E-state index in [0.717, 1.165) is 17.9 Å². The number of nitrogens with zero attached hydrogens (tertiary/aromatic N) is 3. The molecule has 0 spiro atoms. The Hall–Kier alpha value is -2.64. The van der Waals surface area contributed by atoms with Gasteiger partial charge in [0.25, 0.3) is 0 Å². The average molecular weight is 296 g/mol. The molecule has 0 aliphatic carbocycles. The van der Waals surface area contributed by atoms with E-state index in [1.165, 1.54) is 24.5 Å². The fourth-order valence-corrected chi connectivity index (χ4v) is 1.81. The monoisotopic (exact) mass is 296 g/mol. The molecule has 5 nitrogen and oxygen atoms in total. The highest BCUT2D eigenvalue weighted by molar-refractivity contribution is 5.99. The lowest BCUT2D eigenvalue weighted by Gasteiger charge is -2.23. The van der Waals surface area contributed by atoms with Crippen molar-refractivity contribution in [2.45, 2.75) is 13.1 Å². The first kappa shape index (κ1) is 14.8. The number of carbonyl (C=O) groups is 1. The van der Waals surface area contributed by atoms with E-state index in [-0.39, 0.29) is 17.2 Å². The second kappa shape index (κ2) is 5.39. The zero-order chi connectivity index (χ0) is 15.6. The van der Waals surface area contributed by atoms with Crippen LogP contribution < -0.4 is 10.6 Å². The van der Waals surface area contributed by atoms with Gasteiger partial charge in [0, 0.05) is 37.3 Å². The van der Waals surface area contributed by atoms with E-state index in [1.807, 2.05) is 0 Å². The van der Waals surface area contributed by atoms with Crippen molar-refractivity contribution in [3.05, 3.63) is 42.4 Å². The van der Waals surface area contributed by atoms with Crippen LogP contribution in [0.3, 0.4) is 0 Å². The molecule has 0 aliphatic heterocycles. The normalized spacial score (nSPS) is 11.2. The van der Waals surface area contributed by atoms with Crippen LogP contribution >= 0.6 is 0 Å². The third kappa shape index (κ3) is 3.10. The van der Waals surface area contributed by atoms with Crippen LogP contribution in [0.25, 0.3) is 0 Å². The van der Waals surface area contributed by atoms with Crippen LogP contribution in [-0.4, -0.2) is 15.9 Å². The minimum atomic E-state index is -4.64. The smallest absolute Gasteiger partial charge is 0.399 e. The molecule has 2 aromatic heterocycles. The Kier molecular flexibility index (Phi) is 3.79. The molecule has 0 atom stereocenters. The van der Waals surface area contributed by atoms with E-state index in [1.54, 1.807) is 0 Å². The summed E-state index contributed by atoms with van der Waals surface area (Å²) in [6, 6.07) is 3.90. The van der Waals surface area contributed by atoms with Crippen LogP contribution in [0.5, 0.6) is 0 Å². The van der Waals surface area contributed by atoms with Crippen molar-refractivity contribution in [2.24, 2.45) is 0 Å². The summed E-state index contributed by atoms with van der Waals surface area (Å²) in [6.45, 7) is 1.14. The number of alkyl halides is 3. The Bertz CT molecular complexity index is 672. The quantitative estimate of drug-likeness (QED) is 0.925. The summed E-state index contributed by atoms with van der Waals surface area (Å²) < 4.78 is 39.1. The van der Waals surface area contributed by atoms with E-state index in [0.29, 0.717) is 6.20 Å². The average Bonchev–Trinajstić information content (AvgIpc) is 2.38. The number of halogens is 3. The second-order valence-corrected chi connectivity index (χ2v) is 4.19. The summed E-state index contributed by atoms with van der Waals surface area (Å²) >= 11 is 0. The molecule has 2 rings (SSSR count). The third-order valence-electron chi connectivity index (χ3n) is 2.66. The van der Waals surface area contributed by atoms with Gasteiger partial charge in [0.15, 0.2) is 0 Å². The predicted octanol–water partition coefficient (Wildman–Crippen LogP) is 2.76. The molecule has 1 amide bonds. The maximum absolute atomic E-state index is 13.0. The maximum Gasteiger partial charge on any atom is 0.419 e. The standard InChI is InChI=1S/C13H11F3N4O/c1-8(21)20(12-6-9(17)2-5-19-12)11-3-4-18-7-10(11)13(14,15)16/h2-7H,1H3,(H2,17,19). The van der Waals surface area contributed by atoms with Gasteiger partial charge in [0.1, 0.15) is 5.82 Å². The van der Waals surface area contributed by atoms with E-state index < -0.39 is 17.6 Å². The van der Waals surface area contributed by atoms with Crippen molar-refractivity contribution in [3.63, 3.8) is 0 Å². The molecule has 0 saturated carbocycles. The number of carbonyl (C=O) groups excluding carboxylic acids is 1. The summed E-state index contributed by atoms with van der Waals surface area (Å²) in [7, 11) is 0. The van der Waals surface area contributed by atoms with Crippen LogP contribution in [0.15, 0.2) is 36.8 Å². The molecule has 0 bridgehead atoms. The maximum atomic E-state index is 13.0. The van der Waals surface area contributed by atoms with E-state index >= 15 is 0 Å². The molecule has 0 aromatic carbocycles. The second-order valence-electron chi connectivity index (χ2n) is 4.19. The number of hydrogen-bond acceptors (Lipinski definition) is 4. The fraction of sp³-hybridized carbons (Fsp3) is 0.154. The Morgan fingerprint density at radius 1 is 1.29 bits per heavy atom. The molecule has 21 heavy (non-hydrogen) atoms. The zero-order valence-electron chi connectivity index (χ0n) is 10.9. The number of pyridine rings is 2. The Morgan fingerprint density at radius 3 is 2.57 bits per heavy atom. The Morgan fingerprint density at radius 2 is 2.00 bits per heavy atom. The van der Waals surface area contributed by atoms with Gasteiger partial charge in [-0.25, -0.2) is 4.98 Å². The lowest BCUT2D eigenvalue weighted by Crippen LogP contribution is -2.26. The molecule has 8 heteroatoms. The van der Waals surface area contributed by atoms with Crippen molar-refractivity contribution in [1.29, 1.82) is 0 Å². The fourth-order valence-electron chi connectivity index (χ4n) is 1.81. The molecular formula is C13H11F3N4O. The Labute approximate surface area is 118 Å². The van der Waals surface area contributed by atoms with Crippen LogP contribution in [-0.2, 0) is 11.0 Å². The highest BCUT2D eigenvalue weighted by Gasteiger charge is 2.36. The lowest BCUT2D eigenvalue weighted by atomic mass is 10.2. The zero-order valence-corrected chi connectivity index (χ0v) is 10.9. The number of anilines is 3. The van der Waals surface area contributed by atoms with E-state index in [2.05, 4.69) is 9.97 Å². The van der Waals surface area contributed by atoms with Crippen LogP contribution in [0.1, 0.15) is 12.5 Å². The number of aromatic nitrogens is 2. The number of rotatable bonds is 2. The molecule has 0 fully saturated rings. The summed E-state index contributed by atoms with van der Waals surface area (Å²) in [5, 5.41) is 0. The topological polar surface area (TPSA) is 72.1 Å². The van der Waals surface area contributed by atoms with E-state index in [9.17, 15) is 18.0 Å². The highest BCUT2D eigenvalue weighted by Crippen LogP contribution is 2.38. The molecule has 0 aliphatic rings. The summed E-state index contributed by atoms with van der Waals surface area (Å²) in [4.78, 5) is 20.0. The predicted molar refractivity (Wildman–Crippen MR) is 70.7 cm³/mol. The van der Waals surface area contributed by atoms with Gasteiger partial charge in [0.05, 0.1) is 11.3 Å². The molecule has 2 N–H and O–H groups in total. The molecule has 0 unspecified atom stereocenters. The van der Waals surface area contributed by atoms with Crippen LogP contribution in [0, 0.1) is 0 Å². The number of amides is 1. The van der Waals surface area contributed by atoms with Crippen molar-refractivity contribution in [1.82, 2.24) is 9.97 Å². The first-order valence-electron chi connectivity index (χ1n) is 5.84. The van der Waals surface area contributed by atoms with Crippen molar-refractivity contribution in [2.75, 3.05) is 10.6 Å². The molecule has 110 valence electrons. The summed E-state index contributed by atoms with van der Waals surface area (Å²) in [5.41, 5.74) is 4.50. The van der Waals surface area contributed by atoms with Gasteiger partial charge >= 0.3 is 6.18 Å². The number of nitrogens with two attached hydrogens (primary N) is 1. The lowest BCUT2D eigenvalue weighted by molar-refractivity contribution is -0.137. The van der Waals surface area contributed by atoms with Gasteiger partial charge in [-0.05, 0) is 12.1 Å². The van der Waals surface area contributed by atoms with Gasteiger partial charge in [-0.1, -0.05) is 0 Å². The van der Waals surface area contributed by atoms with Crippen molar-refractivity contribution in [3.8, 4) is 0 Å². The molecule has 0 radical (unpaired) electrons. The van der Waals surface area contributed by atoms with Gasteiger partial charge in [-0.3, -0.25) is 14.7 Å². The Balaban J connectivity index is 2.63. The van der Waals surface area contributed by atoms with Crippen molar-refractivity contribution < 1.29 is 18.0 Å². The van der Waals surface area contributed by atoms with Gasteiger partial charge < -0.3 is 5.73 Å².